The van der Waals surface area contributed by atoms with Crippen LogP contribution in [0.4, 0.5) is 0 Å². The molecule has 3 aliphatic heterocycles. The molecule has 0 radical (unpaired) electrons. The Morgan fingerprint density at radius 1 is 1.11 bits per heavy atom. The van der Waals surface area contributed by atoms with Gasteiger partial charge in [-0.05, 0) is 48.9 Å². The van der Waals surface area contributed by atoms with Crippen molar-refractivity contribution in [1.29, 1.82) is 0 Å². The van der Waals surface area contributed by atoms with Crippen molar-refractivity contribution in [2.24, 2.45) is 11.8 Å². The molecule has 3 nitrogen and oxygen atoms in total. The normalized spacial score (nSPS) is 27.6. The maximum absolute atomic E-state index is 11.5. The van der Waals surface area contributed by atoms with Gasteiger partial charge in [0.2, 0.25) is 0 Å². The van der Waals surface area contributed by atoms with Crippen molar-refractivity contribution in [1.82, 2.24) is 9.88 Å². The average molecular weight is 370 g/mol. The average Bonchev–Trinajstić information content (AvgIpc) is 2.78. The molecule has 0 aliphatic carbocycles. The second-order valence-corrected chi connectivity index (χ2v) is 8.17. The van der Waals surface area contributed by atoms with Gasteiger partial charge in [-0.2, -0.15) is 0 Å². The third-order valence-corrected chi connectivity index (χ3v) is 6.65. The molecule has 1 N–H and O–H groups in total. The zero-order valence-electron chi connectivity index (χ0n) is 16.0. The number of hydrogen-bond acceptors (Lipinski definition) is 3. The van der Waals surface area contributed by atoms with Gasteiger partial charge in [0.1, 0.15) is 0 Å². The van der Waals surface area contributed by atoms with Gasteiger partial charge in [0.15, 0.2) is 0 Å². The van der Waals surface area contributed by atoms with Crippen LogP contribution in [0.25, 0.3) is 22.2 Å². The first-order valence-corrected chi connectivity index (χ1v) is 10.2. The molecule has 2 aromatic carbocycles. The smallest absolute Gasteiger partial charge is 0.0952 e. The Morgan fingerprint density at radius 2 is 1.89 bits per heavy atom. The number of aliphatic hydroxyl groups excluding tert-OH is 1. The van der Waals surface area contributed by atoms with Crippen LogP contribution in [0.2, 0.25) is 0 Å². The van der Waals surface area contributed by atoms with E-state index >= 15 is 0 Å². The molecular weight excluding hydrogens is 344 g/mol. The molecule has 3 fully saturated rings. The molecule has 4 heterocycles. The lowest BCUT2D eigenvalue weighted by Gasteiger charge is -2.50. The number of aromatic nitrogens is 1. The molecular formula is C25H26N2O. The van der Waals surface area contributed by atoms with Gasteiger partial charge in [-0.25, -0.2) is 4.98 Å². The van der Waals surface area contributed by atoms with Crippen LogP contribution in [0, 0.1) is 11.8 Å². The number of nitrogens with zero attached hydrogens (tertiary/aromatic N) is 2. The van der Waals surface area contributed by atoms with E-state index in [0.29, 0.717) is 11.8 Å². The first-order valence-electron chi connectivity index (χ1n) is 10.2. The van der Waals surface area contributed by atoms with E-state index < -0.39 is 6.10 Å². The molecule has 28 heavy (non-hydrogen) atoms. The third-order valence-electron chi connectivity index (χ3n) is 6.65. The van der Waals surface area contributed by atoms with Crippen molar-refractivity contribution in [3.05, 3.63) is 78.9 Å². The topological polar surface area (TPSA) is 36.4 Å². The van der Waals surface area contributed by atoms with Gasteiger partial charge in [-0.15, -0.1) is 6.58 Å². The van der Waals surface area contributed by atoms with Crippen LogP contribution >= 0.6 is 0 Å². The molecule has 3 aromatic rings. The maximum Gasteiger partial charge on any atom is 0.0952 e. The largest absolute Gasteiger partial charge is 0.387 e. The van der Waals surface area contributed by atoms with E-state index in [1.165, 1.54) is 6.42 Å². The van der Waals surface area contributed by atoms with Crippen LogP contribution in [-0.4, -0.2) is 34.1 Å². The molecule has 0 spiro atoms. The lowest BCUT2D eigenvalue weighted by Crippen LogP contribution is -2.54. The second kappa shape index (κ2) is 7.16. The summed E-state index contributed by atoms with van der Waals surface area (Å²) < 4.78 is 0. The van der Waals surface area contributed by atoms with Gasteiger partial charge < -0.3 is 5.11 Å². The van der Waals surface area contributed by atoms with E-state index in [9.17, 15) is 5.11 Å². The van der Waals surface area contributed by atoms with Gasteiger partial charge in [0.05, 0.1) is 17.3 Å². The van der Waals surface area contributed by atoms with E-state index in [-0.39, 0.29) is 6.04 Å². The van der Waals surface area contributed by atoms with Crippen molar-refractivity contribution < 1.29 is 5.11 Å². The number of rotatable bonds is 4. The summed E-state index contributed by atoms with van der Waals surface area (Å²) in [6.07, 6.45) is 3.85. The Kier molecular flexibility index (Phi) is 4.50. The Hall–Kier alpha value is -2.49. The van der Waals surface area contributed by atoms with Crippen LogP contribution < -0.4 is 0 Å². The van der Waals surface area contributed by atoms with Crippen LogP contribution in [0.15, 0.2) is 73.3 Å². The molecule has 2 bridgehead atoms. The summed E-state index contributed by atoms with van der Waals surface area (Å²) in [5.74, 6) is 1.20. The minimum absolute atomic E-state index is 0.171. The van der Waals surface area contributed by atoms with Gasteiger partial charge in [-0.3, -0.25) is 4.90 Å². The van der Waals surface area contributed by atoms with E-state index in [2.05, 4.69) is 41.8 Å². The standard InChI is InChI=1S/C25H26N2O/c1-2-17-16-27-13-12-19(17)14-24(27)25(28)21-15-23(18-8-4-3-5-9-18)26-22-11-7-6-10-20(21)22/h2-11,15,17,19,24-25,28H,1,12-14,16H2/t17-,19-,24-,25+/m0/s1. The quantitative estimate of drug-likeness (QED) is 0.668. The first-order chi connectivity index (χ1) is 13.7. The first kappa shape index (κ1) is 17.6. The summed E-state index contributed by atoms with van der Waals surface area (Å²) in [6, 6.07) is 20.7. The summed E-state index contributed by atoms with van der Waals surface area (Å²) in [6.45, 7) is 6.11. The molecule has 3 saturated heterocycles. The third kappa shape index (κ3) is 2.95. The SMILES string of the molecule is C=C[C@H]1CN2CC[C@H]1C[C@H]2[C@H](O)c1cc(-c2ccccc2)nc2ccccc12. The number of aliphatic hydroxyl groups is 1. The van der Waals surface area contributed by atoms with Gasteiger partial charge >= 0.3 is 0 Å². The van der Waals surface area contributed by atoms with Crippen molar-refractivity contribution in [3.8, 4) is 11.3 Å². The fourth-order valence-electron chi connectivity index (χ4n) is 5.12. The Morgan fingerprint density at radius 3 is 2.64 bits per heavy atom. The van der Waals surface area contributed by atoms with Crippen molar-refractivity contribution in [2.75, 3.05) is 13.1 Å². The Bertz CT molecular complexity index is 1000. The highest BCUT2D eigenvalue weighted by atomic mass is 16.3. The summed E-state index contributed by atoms with van der Waals surface area (Å²) in [4.78, 5) is 7.34. The van der Waals surface area contributed by atoms with Crippen molar-refractivity contribution in [2.45, 2.75) is 25.0 Å². The molecule has 1 aromatic heterocycles. The zero-order valence-corrected chi connectivity index (χ0v) is 16.0. The van der Waals surface area contributed by atoms with E-state index in [4.69, 9.17) is 4.98 Å². The lowest BCUT2D eigenvalue weighted by atomic mass is 9.73. The number of fused-ring (bicyclic) bond motifs is 4. The highest BCUT2D eigenvalue weighted by molar-refractivity contribution is 5.85. The fourth-order valence-corrected chi connectivity index (χ4v) is 5.12. The van der Waals surface area contributed by atoms with E-state index in [0.717, 1.165) is 47.2 Å². The molecule has 3 heteroatoms. The van der Waals surface area contributed by atoms with E-state index in [1.807, 2.05) is 36.4 Å². The summed E-state index contributed by atoms with van der Waals surface area (Å²) >= 11 is 0. The monoisotopic (exact) mass is 370 g/mol. The summed E-state index contributed by atoms with van der Waals surface area (Å²) in [5.41, 5.74) is 3.95. The highest BCUT2D eigenvalue weighted by Gasteiger charge is 2.42. The maximum atomic E-state index is 11.5. The van der Waals surface area contributed by atoms with Gasteiger partial charge in [0, 0.05) is 23.5 Å². The van der Waals surface area contributed by atoms with Crippen LogP contribution in [0.3, 0.4) is 0 Å². The van der Waals surface area contributed by atoms with Crippen molar-refractivity contribution in [3.63, 3.8) is 0 Å². The number of hydrogen-bond donors (Lipinski definition) is 1. The van der Waals surface area contributed by atoms with Crippen LogP contribution in [-0.2, 0) is 0 Å². The molecule has 6 rings (SSSR count). The Labute approximate surface area is 166 Å². The van der Waals surface area contributed by atoms with Gasteiger partial charge in [0.25, 0.3) is 0 Å². The predicted octanol–water partition coefficient (Wildman–Crippen LogP) is 4.83. The zero-order chi connectivity index (χ0) is 19.1. The minimum atomic E-state index is -0.510. The lowest BCUT2D eigenvalue weighted by molar-refractivity contribution is -0.0444. The molecule has 0 saturated carbocycles. The molecule has 3 aliphatic rings. The molecule has 142 valence electrons. The number of piperidine rings is 3. The van der Waals surface area contributed by atoms with Crippen LogP contribution in [0.1, 0.15) is 24.5 Å². The second-order valence-electron chi connectivity index (χ2n) is 8.17. The Balaban J connectivity index is 1.57. The van der Waals surface area contributed by atoms with Crippen molar-refractivity contribution >= 4 is 10.9 Å². The molecule has 1 unspecified atom stereocenters. The predicted molar refractivity (Wildman–Crippen MR) is 114 cm³/mol. The molecule has 5 atom stereocenters. The fraction of sp³-hybridized carbons (Fsp3) is 0.320. The molecule has 0 amide bonds. The number of pyridine rings is 1. The minimum Gasteiger partial charge on any atom is -0.387 e. The highest BCUT2D eigenvalue weighted by Crippen LogP contribution is 2.42. The van der Waals surface area contributed by atoms with E-state index in [1.54, 1.807) is 0 Å². The van der Waals surface area contributed by atoms with Crippen LogP contribution in [0.5, 0.6) is 0 Å². The number of para-hydroxylation sites is 1. The number of benzene rings is 2. The summed E-state index contributed by atoms with van der Waals surface area (Å²) in [7, 11) is 0. The van der Waals surface area contributed by atoms with Gasteiger partial charge in [-0.1, -0.05) is 54.6 Å². The summed E-state index contributed by atoms with van der Waals surface area (Å²) in [5, 5.41) is 12.6.